The summed E-state index contributed by atoms with van der Waals surface area (Å²) in [5.74, 6) is 0.618. The minimum absolute atomic E-state index is 0.0615. The van der Waals surface area contributed by atoms with Gasteiger partial charge in [-0.05, 0) is 18.6 Å². The van der Waals surface area contributed by atoms with Crippen molar-refractivity contribution < 1.29 is 14.3 Å². The Morgan fingerprint density at radius 1 is 1.44 bits per heavy atom. The molecule has 0 aliphatic carbocycles. The van der Waals surface area contributed by atoms with Crippen LogP contribution in [0.2, 0.25) is 0 Å². The SMILES string of the molecule is CN(C(=O)O)[C@@H]1CCN(c2cc(Nc3ccccc3F)nc(N)n2)C1. The number of carboxylic acid groups (broad SMARTS) is 1. The summed E-state index contributed by atoms with van der Waals surface area (Å²) >= 11 is 0. The Kier molecular flexibility index (Phi) is 4.55. The van der Waals surface area contributed by atoms with E-state index in [0.29, 0.717) is 31.1 Å². The van der Waals surface area contributed by atoms with Crippen molar-refractivity contribution in [2.45, 2.75) is 12.5 Å². The van der Waals surface area contributed by atoms with Crippen LogP contribution in [0.1, 0.15) is 6.42 Å². The van der Waals surface area contributed by atoms with Crippen LogP contribution in [-0.4, -0.2) is 52.2 Å². The summed E-state index contributed by atoms with van der Waals surface area (Å²) in [6.45, 7) is 1.16. The highest BCUT2D eigenvalue weighted by Gasteiger charge is 2.29. The minimum Gasteiger partial charge on any atom is -0.465 e. The third kappa shape index (κ3) is 3.70. The van der Waals surface area contributed by atoms with Crippen molar-refractivity contribution in [3.05, 3.63) is 36.1 Å². The Morgan fingerprint density at radius 2 is 2.20 bits per heavy atom. The lowest BCUT2D eigenvalue weighted by Gasteiger charge is -2.22. The van der Waals surface area contributed by atoms with E-state index in [0.717, 1.165) is 0 Å². The second-order valence-corrected chi connectivity index (χ2v) is 5.86. The van der Waals surface area contributed by atoms with Gasteiger partial charge < -0.3 is 26.0 Å². The van der Waals surface area contributed by atoms with Gasteiger partial charge in [0.2, 0.25) is 5.95 Å². The molecule has 2 aromatic rings. The van der Waals surface area contributed by atoms with Crippen LogP contribution in [0.5, 0.6) is 0 Å². The summed E-state index contributed by atoms with van der Waals surface area (Å²) in [7, 11) is 1.55. The normalized spacial score (nSPS) is 16.7. The zero-order valence-electron chi connectivity index (χ0n) is 13.7. The van der Waals surface area contributed by atoms with E-state index in [4.69, 9.17) is 10.8 Å². The third-order valence-electron chi connectivity index (χ3n) is 4.20. The van der Waals surface area contributed by atoms with Crippen molar-refractivity contribution >= 4 is 29.4 Å². The van der Waals surface area contributed by atoms with E-state index in [1.807, 2.05) is 4.90 Å². The molecule has 9 heteroatoms. The van der Waals surface area contributed by atoms with Gasteiger partial charge in [0.25, 0.3) is 0 Å². The van der Waals surface area contributed by atoms with Gasteiger partial charge in [0.1, 0.15) is 17.5 Å². The Bertz CT molecular complexity index is 787. The summed E-state index contributed by atoms with van der Waals surface area (Å²) in [6, 6.07) is 7.82. The molecule has 1 fully saturated rings. The highest BCUT2D eigenvalue weighted by atomic mass is 19.1. The lowest BCUT2D eigenvalue weighted by Crippen LogP contribution is -2.38. The van der Waals surface area contributed by atoms with Gasteiger partial charge in [-0.15, -0.1) is 0 Å². The molecule has 0 bridgehead atoms. The predicted molar refractivity (Wildman–Crippen MR) is 92.5 cm³/mol. The molecule has 8 nitrogen and oxygen atoms in total. The molecule has 2 heterocycles. The molecule has 1 amide bonds. The number of nitrogen functional groups attached to an aromatic ring is 1. The summed E-state index contributed by atoms with van der Waals surface area (Å²) < 4.78 is 13.8. The van der Waals surface area contributed by atoms with E-state index < -0.39 is 11.9 Å². The van der Waals surface area contributed by atoms with Crippen LogP contribution in [0.3, 0.4) is 0 Å². The number of para-hydroxylation sites is 1. The number of nitrogens with two attached hydrogens (primary N) is 1. The van der Waals surface area contributed by atoms with Crippen molar-refractivity contribution in [1.29, 1.82) is 0 Å². The Labute approximate surface area is 144 Å². The van der Waals surface area contributed by atoms with Crippen molar-refractivity contribution in [3.8, 4) is 0 Å². The first-order chi connectivity index (χ1) is 11.9. The lowest BCUT2D eigenvalue weighted by atomic mass is 10.2. The number of nitrogens with zero attached hydrogens (tertiary/aromatic N) is 4. The average molecular weight is 346 g/mol. The van der Waals surface area contributed by atoms with Gasteiger partial charge in [-0.2, -0.15) is 9.97 Å². The van der Waals surface area contributed by atoms with E-state index in [2.05, 4.69) is 15.3 Å². The monoisotopic (exact) mass is 346 g/mol. The van der Waals surface area contributed by atoms with Crippen LogP contribution in [0, 0.1) is 5.82 Å². The molecular formula is C16H19FN6O2. The Balaban J connectivity index is 1.78. The smallest absolute Gasteiger partial charge is 0.407 e. The summed E-state index contributed by atoms with van der Waals surface area (Å²) in [4.78, 5) is 22.6. The van der Waals surface area contributed by atoms with E-state index >= 15 is 0 Å². The van der Waals surface area contributed by atoms with E-state index in [9.17, 15) is 9.18 Å². The fraction of sp³-hybridized carbons (Fsp3) is 0.312. The number of likely N-dealkylation sites (N-methyl/N-ethyl adjacent to an activating group) is 1. The molecule has 1 aromatic heterocycles. The van der Waals surface area contributed by atoms with Crippen molar-refractivity contribution in [1.82, 2.24) is 14.9 Å². The number of amides is 1. The van der Waals surface area contributed by atoms with Crippen LogP contribution in [0.15, 0.2) is 30.3 Å². The van der Waals surface area contributed by atoms with E-state index in [1.54, 1.807) is 31.3 Å². The van der Waals surface area contributed by atoms with Gasteiger partial charge in [0.05, 0.1) is 11.7 Å². The third-order valence-corrected chi connectivity index (χ3v) is 4.20. The van der Waals surface area contributed by atoms with E-state index in [1.165, 1.54) is 11.0 Å². The van der Waals surface area contributed by atoms with Gasteiger partial charge >= 0.3 is 6.09 Å². The van der Waals surface area contributed by atoms with Crippen LogP contribution in [0.25, 0.3) is 0 Å². The molecule has 1 saturated heterocycles. The molecule has 132 valence electrons. The number of nitrogens with one attached hydrogen (secondary N) is 1. The summed E-state index contributed by atoms with van der Waals surface area (Å²) in [5.41, 5.74) is 6.06. The first-order valence-corrected chi connectivity index (χ1v) is 7.81. The maximum absolute atomic E-state index is 13.8. The maximum atomic E-state index is 13.8. The number of aromatic nitrogens is 2. The number of halogens is 1. The largest absolute Gasteiger partial charge is 0.465 e. The molecule has 25 heavy (non-hydrogen) atoms. The Hall–Kier alpha value is -3.10. The molecule has 1 aliphatic heterocycles. The maximum Gasteiger partial charge on any atom is 0.407 e. The summed E-state index contributed by atoms with van der Waals surface area (Å²) in [6.07, 6.45) is -0.265. The number of carbonyl (C=O) groups is 1. The first-order valence-electron chi connectivity index (χ1n) is 7.81. The topological polar surface area (TPSA) is 108 Å². The first kappa shape index (κ1) is 16.7. The molecule has 1 aliphatic rings. The predicted octanol–water partition coefficient (Wildman–Crippen LogP) is 2.13. The molecule has 0 spiro atoms. The number of benzene rings is 1. The van der Waals surface area contributed by atoms with Gasteiger partial charge in [0.15, 0.2) is 0 Å². The molecule has 4 N–H and O–H groups in total. The zero-order chi connectivity index (χ0) is 18.0. The average Bonchev–Trinajstić information content (AvgIpc) is 3.05. The standard InChI is InChI=1S/C16H19FN6O2/c1-22(16(24)25)10-6-7-23(9-10)14-8-13(20-15(18)21-14)19-12-5-3-2-4-11(12)17/h2-5,8,10H,6-7,9H2,1H3,(H,24,25)(H3,18,19,20,21)/t10-/m1/s1. The van der Waals surface area contributed by atoms with Crippen LogP contribution in [0.4, 0.5) is 32.5 Å². The van der Waals surface area contributed by atoms with Crippen molar-refractivity contribution in [2.75, 3.05) is 36.1 Å². The van der Waals surface area contributed by atoms with Gasteiger partial charge in [-0.1, -0.05) is 12.1 Å². The minimum atomic E-state index is -0.962. The fourth-order valence-electron chi connectivity index (χ4n) is 2.80. The van der Waals surface area contributed by atoms with Crippen molar-refractivity contribution in [3.63, 3.8) is 0 Å². The number of rotatable bonds is 4. The van der Waals surface area contributed by atoms with Gasteiger partial charge in [-0.25, -0.2) is 9.18 Å². The second kappa shape index (κ2) is 6.80. The highest BCUT2D eigenvalue weighted by Crippen LogP contribution is 2.25. The van der Waals surface area contributed by atoms with Crippen LogP contribution >= 0.6 is 0 Å². The van der Waals surface area contributed by atoms with Crippen molar-refractivity contribution in [2.24, 2.45) is 0 Å². The molecule has 3 rings (SSSR count). The molecule has 0 unspecified atom stereocenters. The second-order valence-electron chi connectivity index (χ2n) is 5.86. The molecular weight excluding hydrogens is 327 g/mol. The van der Waals surface area contributed by atoms with Gasteiger partial charge in [-0.3, -0.25) is 0 Å². The van der Waals surface area contributed by atoms with Crippen LogP contribution in [-0.2, 0) is 0 Å². The zero-order valence-corrected chi connectivity index (χ0v) is 13.7. The number of anilines is 4. The highest BCUT2D eigenvalue weighted by molar-refractivity contribution is 5.66. The molecule has 0 radical (unpaired) electrons. The number of hydrogen-bond donors (Lipinski definition) is 3. The van der Waals surface area contributed by atoms with E-state index in [-0.39, 0.29) is 17.7 Å². The summed E-state index contributed by atoms with van der Waals surface area (Å²) in [5, 5.41) is 12.0. The lowest BCUT2D eigenvalue weighted by molar-refractivity contribution is 0.142. The molecule has 1 atom stereocenters. The molecule has 0 saturated carbocycles. The fourth-order valence-corrected chi connectivity index (χ4v) is 2.80. The molecule has 1 aromatic carbocycles. The quantitative estimate of drug-likeness (QED) is 0.778. The number of hydrogen-bond acceptors (Lipinski definition) is 6. The Morgan fingerprint density at radius 3 is 2.92 bits per heavy atom. The van der Waals surface area contributed by atoms with Gasteiger partial charge in [0, 0.05) is 26.2 Å². The van der Waals surface area contributed by atoms with Crippen LogP contribution < -0.4 is 16.0 Å².